The van der Waals surface area contributed by atoms with E-state index in [1.54, 1.807) is 0 Å². The van der Waals surface area contributed by atoms with Crippen molar-refractivity contribution in [2.24, 2.45) is 5.41 Å². The van der Waals surface area contributed by atoms with E-state index in [1.165, 1.54) is 19.3 Å². The van der Waals surface area contributed by atoms with Gasteiger partial charge < -0.3 is 10.0 Å². The number of carboxylic acids is 1. The Morgan fingerprint density at radius 2 is 1.94 bits per heavy atom. The van der Waals surface area contributed by atoms with Crippen LogP contribution in [0.25, 0.3) is 0 Å². The van der Waals surface area contributed by atoms with Crippen molar-refractivity contribution in [3.63, 3.8) is 0 Å². The van der Waals surface area contributed by atoms with E-state index in [1.807, 2.05) is 13.8 Å². The molecule has 1 N–H and O–H groups in total. The second kappa shape index (κ2) is 4.58. The normalized spacial score (nSPS) is 31.5. The number of likely N-dealkylation sites (tertiary alicyclic amines) is 1. The number of likely N-dealkylation sites (N-methyl/N-ethyl adjacent to an activating group) is 1. The molecule has 2 unspecified atom stereocenters. The van der Waals surface area contributed by atoms with Gasteiger partial charge in [0.25, 0.3) is 0 Å². The summed E-state index contributed by atoms with van der Waals surface area (Å²) in [5.74, 6) is -0.694. The third-order valence-corrected chi connectivity index (χ3v) is 4.43. The molecule has 0 aromatic rings. The minimum Gasteiger partial charge on any atom is -0.481 e. The van der Waals surface area contributed by atoms with Gasteiger partial charge in [-0.25, -0.2) is 0 Å². The molecule has 2 heterocycles. The summed E-state index contributed by atoms with van der Waals surface area (Å²) in [6.07, 6.45) is 3.77. The Morgan fingerprint density at radius 1 is 1.29 bits per heavy atom. The summed E-state index contributed by atoms with van der Waals surface area (Å²) in [5.41, 5.74) is -0.637. The molecule has 0 radical (unpaired) electrons. The van der Waals surface area contributed by atoms with E-state index in [4.69, 9.17) is 0 Å². The van der Waals surface area contributed by atoms with Crippen LogP contribution in [-0.4, -0.2) is 59.6 Å². The summed E-state index contributed by atoms with van der Waals surface area (Å²) in [7, 11) is 2.22. The highest BCUT2D eigenvalue weighted by molar-refractivity contribution is 5.73. The summed E-state index contributed by atoms with van der Waals surface area (Å²) in [6.45, 7) is 6.38. The first-order valence-corrected chi connectivity index (χ1v) is 6.58. The quantitative estimate of drug-likeness (QED) is 0.806. The van der Waals surface area contributed by atoms with E-state index in [0.29, 0.717) is 12.6 Å². The third kappa shape index (κ3) is 2.63. The van der Waals surface area contributed by atoms with Crippen LogP contribution in [0.1, 0.15) is 33.1 Å². The summed E-state index contributed by atoms with van der Waals surface area (Å²) in [6, 6.07) is 1.35. The first-order valence-electron chi connectivity index (χ1n) is 6.58. The van der Waals surface area contributed by atoms with Crippen LogP contribution in [0.2, 0.25) is 0 Å². The molecule has 2 aliphatic rings. The van der Waals surface area contributed by atoms with Crippen LogP contribution >= 0.6 is 0 Å². The largest absolute Gasteiger partial charge is 0.481 e. The van der Waals surface area contributed by atoms with Crippen LogP contribution in [-0.2, 0) is 4.79 Å². The maximum Gasteiger partial charge on any atom is 0.310 e. The molecule has 0 aromatic heterocycles. The summed E-state index contributed by atoms with van der Waals surface area (Å²) in [4.78, 5) is 16.0. The first-order chi connectivity index (χ1) is 7.90. The van der Waals surface area contributed by atoms with E-state index in [0.717, 1.165) is 19.1 Å². The fraction of sp³-hybridized carbons (Fsp3) is 0.923. The van der Waals surface area contributed by atoms with Crippen molar-refractivity contribution < 1.29 is 9.90 Å². The lowest BCUT2D eigenvalue weighted by Crippen LogP contribution is -2.43. The molecule has 0 saturated carbocycles. The first kappa shape index (κ1) is 12.8. The highest BCUT2D eigenvalue weighted by atomic mass is 16.4. The molecule has 2 saturated heterocycles. The molecule has 2 rings (SSSR count). The lowest BCUT2D eigenvalue weighted by molar-refractivity contribution is -0.148. The van der Waals surface area contributed by atoms with Crippen LogP contribution in [0.5, 0.6) is 0 Å². The van der Waals surface area contributed by atoms with Crippen molar-refractivity contribution >= 4 is 5.97 Å². The number of carboxylic acid groups (broad SMARTS) is 1. The predicted molar refractivity (Wildman–Crippen MR) is 67.0 cm³/mol. The average Bonchev–Trinajstić information content (AvgIpc) is 2.46. The minimum atomic E-state index is -0.694. The zero-order chi connectivity index (χ0) is 12.6. The van der Waals surface area contributed by atoms with Crippen molar-refractivity contribution in [2.75, 3.05) is 26.7 Å². The zero-order valence-corrected chi connectivity index (χ0v) is 11.1. The Bertz CT molecular complexity index is 304. The van der Waals surface area contributed by atoms with Gasteiger partial charge in [0.05, 0.1) is 5.41 Å². The molecule has 2 atom stereocenters. The Morgan fingerprint density at radius 3 is 2.59 bits per heavy atom. The average molecular weight is 240 g/mol. The highest BCUT2D eigenvalue weighted by Gasteiger charge is 2.37. The summed E-state index contributed by atoms with van der Waals surface area (Å²) in [5, 5.41) is 9.19. The number of nitrogens with zero attached hydrogens (tertiary/aromatic N) is 2. The van der Waals surface area contributed by atoms with Gasteiger partial charge in [0.15, 0.2) is 0 Å². The fourth-order valence-corrected chi connectivity index (χ4v) is 3.15. The molecule has 0 spiro atoms. The monoisotopic (exact) mass is 240 g/mol. The number of fused-ring (bicyclic) bond motifs is 2. The molecule has 4 heteroatoms. The topological polar surface area (TPSA) is 43.8 Å². The molecule has 0 aromatic carbocycles. The SMILES string of the molecule is CN1C2CCC1CN(CC(C)(C)C(=O)O)CC2. The number of carbonyl (C=O) groups is 1. The van der Waals surface area contributed by atoms with Crippen LogP contribution in [0, 0.1) is 5.41 Å². The van der Waals surface area contributed by atoms with Crippen LogP contribution in [0.4, 0.5) is 0 Å². The van der Waals surface area contributed by atoms with Crippen LogP contribution in [0.3, 0.4) is 0 Å². The highest BCUT2D eigenvalue weighted by Crippen LogP contribution is 2.29. The van der Waals surface area contributed by atoms with Gasteiger partial charge in [-0.05, 0) is 46.7 Å². The van der Waals surface area contributed by atoms with Gasteiger partial charge in [0.2, 0.25) is 0 Å². The fourth-order valence-electron chi connectivity index (χ4n) is 3.15. The van der Waals surface area contributed by atoms with Crippen molar-refractivity contribution in [2.45, 2.75) is 45.2 Å². The Balaban J connectivity index is 1.98. The van der Waals surface area contributed by atoms with Crippen molar-refractivity contribution in [3.8, 4) is 0 Å². The van der Waals surface area contributed by atoms with Gasteiger partial charge in [-0.3, -0.25) is 9.69 Å². The van der Waals surface area contributed by atoms with Crippen molar-refractivity contribution in [1.29, 1.82) is 0 Å². The number of rotatable bonds is 3. The van der Waals surface area contributed by atoms with Gasteiger partial charge in [0, 0.05) is 25.2 Å². The Kier molecular flexibility index (Phi) is 3.46. The maximum atomic E-state index is 11.2. The Hall–Kier alpha value is -0.610. The summed E-state index contributed by atoms with van der Waals surface area (Å²) >= 11 is 0. The summed E-state index contributed by atoms with van der Waals surface area (Å²) < 4.78 is 0. The van der Waals surface area contributed by atoms with Crippen molar-refractivity contribution in [3.05, 3.63) is 0 Å². The molecule has 0 amide bonds. The van der Waals surface area contributed by atoms with Gasteiger partial charge >= 0.3 is 5.97 Å². The second-order valence-electron chi connectivity index (χ2n) is 6.26. The van der Waals surface area contributed by atoms with E-state index < -0.39 is 11.4 Å². The van der Waals surface area contributed by atoms with Gasteiger partial charge in [-0.1, -0.05) is 0 Å². The van der Waals surface area contributed by atoms with Crippen LogP contribution in [0.15, 0.2) is 0 Å². The lowest BCUT2D eigenvalue weighted by Gasteiger charge is -2.31. The van der Waals surface area contributed by atoms with Crippen LogP contribution < -0.4 is 0 Å². The number of hydrogen-bond acceptors (Lipinski definition) is 3. The number of hydrogen-bond donors (Lipinski definition) is 1. The van der Waals surface area contributed by atoms with Gasteiger partial charge in [0.1, 0.15) is 0 Å². The zero-order valence-electron chi connectivity index (χ0n) is 11.1. The van der Waals surface area contributed by atoms with Gasteiger partial charge in [-0.15, -0.1) is 0 Å². The van der Waals surface area contributed by atoms with E-state index in [2.05, 4.69) is 16.8 Å². The molecule has 98 valence electrons. The molecule has 0 aliphatic carbocycles. The molecule has 17 heavy (non-hydrogen) atoms. The lowest BCUT2D eigenvalue weighted by atomic mass is 9.92. The minimum absolute atomic E-state index is 0.632. The smallest absolute Gasteiger partial charge is 0.310 e. The molecule has 2 aliphatic heterocycles. The molecular weight excluding hydrogens is 216 g/mol. The number of aliphatic carboxylic acids is 1. The van der Waals surface area contributed by atoms with E-state index in [9.17, 15) is 9.90 Å². The van der Waals surface area contributed by atoms with E-state index in [-0.39, 0.29) is 0 Å². The molecule has 4 nitrogen and oxygen atoms in total. The third-order valence-electron chi connectivity index (χ3n) is 4.43. The molecule has 2 bridgehead atoms. The Labute approximate surface area is 104 Å². The predicted octanol–water partition coefficient (Wildman–Crippen LogP) is 1.27. The van der Waals surface area contributed by atoms with Crippen molar-refractivity contribution in [1.82, 2.24) is 9.80 Å². The molecule has 2 fully saturated rings. The molecular formula is C13H24N2O2. The van der Waals surface area contributed by atoms with Gasteiger partial charge in [-0.2, -0.15) is 0 Å². The standard InChI is InChI=1S/C13H24N2O2/c1-13(2,12(16)17)9-15-7-6-10-4-5-11(8-15)14(10)3/h10-11H,4-9H2,1-3H3,(H,16,17). The second-order valence-corrected chi connectivity index (χ2v) is 6.26. The van der Waals surface area contributed by atoms with E-state index >= 15 is 0 Å². The maximum absolute atomic E-state index is 11.2.